The van der Waals surface area contributed by atoms with Gasteiger partial charge in [-0.1, -0.05) is 42.0 Å². The lowest BCUT2D eigenvalue weighted by Gasteiger charge is -2.16. The summed E-state index contributed by atoms with van der Waals surface area (Å²) in [6.45, 7) is 2.00. The van der Waals surface area contributed by atoms with E-state index < -0.39 is 0 Å². The Balaban J connectivity index is 1.42. The van der Waals surface area contributed by atoms with Crippen LogP contribution in [-0.4, -0.2) is 5.91 Å². The smallest absolute Gasteiger partial charge is 0.263 e. The van der Waals surface area contributed by atoms with Crippen molar-refractivity contribution in [3.05, 3.63) is 132 Å². The van der Waals surface area contributed by atoms with Crippen molar-refractivity contribution in [3.8, 4) is 23.0 Å². The number of nitrogens with one attached hydrogen (secondary N) is 2. The van der Waals surface area contributed by atoms with Gasteiger partial charge in [0.25, 0.3) is 5.91 Å². The molecule has 0 saturated carbocycles. The number of carbonyl (C=O) groups excluding carboxylic acids is 1. The number of amides is 1. The summed E-state index contributed by atoms with van der Waals surface area (Å²) in [6.07, 6.45) is 0. The van der Waals surface area contributed by atoms with Gasteiger partial charge < -0.3 is 25.8 Å². The molecule has 0 aliphatic carbocycles. The average molecular weight is 502 g/mol. The molecule has 4 N–H and O–H groups in total. The van der Waals surface area contributed by atoms with Gasteiger partial charge in [0.15, 0.2) is 0 Å². The highest BCUT2D eigenvalue weighted by molar-refractivity contribution is 6.08. The van der Waals surface area contributed by atoms with Gasteiger partial charge in [-0.15, -0.1) is 0 Å². The van der Waals surface area contributed by atoms with Gasteiger partial charge in [-0.25, -0.2) is 0 Å². The Labute approximate surface area is 221 Å². The van der Waals surface area contributed by atoms with E-state index in [2.05, 4.69) is 10.6 Å². The Morgan fingerprint density at radius 1 is 0.605 bits per heavy atom. The van der Waals surface area contributed by atoms with E-state index in [1.807, 2.05) is 85.8 Å². The molecule has 0 spiro atoms. The van der Waals surface area contributed by atoms with E-state index in [0.29, 0.717) is 34.4 Å². The molecule has 0 saturated heterocycles. The van der Waals surface area contributed by atoms with Crippen molar-refractivity contribution in [2.45, 2.75) is 6.92 Å². The van der Waals surface area contributed by atoms with E-state index in [4.69, 9.17) is 15.2 Å². The first-order valence-electron chi connectivity index (χ1n) is 12.2. The molecule has 6 nitrogen and oxygen atoms in total. The minimum absolute atomic E-state index is 0.274. The molecule has 0 unspecified atom stereocenters. The summed E-state index contributed by atoms with van der Waals surface area (Å²) in [5.41, 5.74) is 10.3. The Hall–Kier alpha value is -5.23. The summed E-state index contributed by atoms with van der Waals surface area (Å²) in [7, 11) is 0. The van der Waals surface area contributed by atoms with E-state index in [1.54, 1.807) is 42.5 Å². The number of hydrogen-bond donors (Lipinski definition) is 3. The van der Waals surface area contributed by atoms with Gasteiger partial charge in [-0.3, -0.25) is 4.79 Å². The lowest BCUT2D eigenvalue weighted by atomic mass is 10.1. The van der Waals surface area contributed by atoms with Gasteiger partial charge in [0, 0.05) is 22.7 Å². The molecule has 5 aromatic rings. The summed E-state index contributed by atoms with van der Waals surface area (Å²) in [6, 6.07) is 37.3. The van der Waals surface area contributed by atoms with Crippen molar-refractivity contribution in [2.75, 3.05) is 16.4 Å². The Kier molecular flexibility index (Phi) is 7.23. The standard InChI is InChI=1S/C32H27N3O3/c1-22-10-18-27(19-11-22)37-29-8-5-9-30(38-28-20-12-23(33)13-21-28)31(29)32(36)35-26-16-14-25(15-17-26)34-24-6-3-2-4-7-24/h2-21,34H,33H2,1H3,(H,35,36). The molecule has 6 heteroatoms. The average Bonchev–Trinajstić information content (AvgIpc) is 2.93. The lowest BCUT2D eigenvalue weighted by Crippen LogP contribution is -2.14. The molecule has 38 heavy (non-hydrogen) atoms. The van der Waals surface area contributed by atoms with Gasteiger partial charge in [-0.2, -0.15) is 0 Å². The number of ether oxygens (including phenoxy) is 2. The van der Waals surface area contributed by atoms with Crippen LogP contribution in [0, 0.1) is 6.92 Å². The number of para-hydroxylation sites is 1. The second-order valence-corrected chi connectivity index (χ2v) is 8.74. The highest BCUT2D eigenvalue weighted by atomic mass is 16.5. The zero-order chi connectivity index (χ0) is 26.3. The first kappa shape index (κ1) is 24.5. The van der Waals surface area contributed by atoms with Crippen LogP contribution in [-0.2, 0) is 0 Å². The van der Waals surface area contributed by atoms with Crippen LogP contribution in [0.2, 0.25) is 0 Å². The third kappa shape index (κ3) is 6.12. The van der Waals surface area contributed by atoms with Gasteiger partial charge in [0.2, 0.25) is 0 Å². The molecule has 188 valence electrons. The fraction of sp³-hybridized carbons (Fsp3) is 0.0312. The van der Waals surface area contributed by atoms with Crippen molar-refractivity contribution in [2.24, 2.45) is 0 Å². The van der Waals surface area contributed by atoms with E-state index in [9.17, 15) is 4.79 Å². The van der Waals surface area contributed by atoms with Gasteiger partial charge in [0.1, 0.15) is 28.6 Å². The van der Waals surface area contributed by atoms with Gasteiger partial charge in [0.05, 0.1) is 0 Å². The normalized spacial score (nSPS) is 10.4. The number of aryl methyl sites for hydroxylation is 1. The van der Waals surface area contributed by atoms with Crippen molar-refractivity contribution < 1.29 is 14.3 Å². The summed E-state index contributed by atoms with van der Waals surface area (Å²) < 4.78 is 12.2. The number of benzene rings is 5. The number of anilines is 4. The molecule has 5 rings (SSSR count). The number of carbonyl (C=O) groups is 1. The Morgan fingerprint density at radius 3 is 1.74 bits per heavy atom. The van der Waals surface area contributed by atoms with Gasteiger partial charge in [-0.05, 0) is 91.9 Å². The van der Waals surface area contributed by atoms with Crippen LogP contribution in [0.3, 0.4) is 0 Å². The third-order valence-corrected chi connectivity index (χ3v) is 5.78. The topological polar surface area (TPSA) is 85.6 Å². The second kappa shape index (κ2) is 11.2. The van der Waals surface area contributed by atoms with E-state index in [-0.39, 0.29) is 11.5 Å². The van der Waals surface area contributed by atoms with E-state index in [1.165, 1.54) is 0 Å². The van der Waals surface area contributed by atoms with Crippen molar-refractivity contribution in [3.63, 3.8) is 0 Å². The summed E-state index contributed by atoms with van der Waals surface area (Å²) >= 11 is 0. The van der Waals surface area contributed by atoms with Crippen LogP contribution in [0.5, 0.6) is 23.0 Å². The minimum Gasteiger partial charge on any atom is -0.456 e. The maximum absolute atomic E-state index is 13.6. The molecule has 0 radical (unpaired) electrons. The lowest BCUT2D eigenvalue weighted by molar-refractivity contribution is 0.102. The molecular weight excluding hydrogens is 474 g/mol. The number of rotatable bonds is 8. The molecule has 0 aliphatic rings. The highest BCUT2D eigenvalue weighted by Gasteiger charge is 2.21. The second-order valence-electron chi connectivity index (χ2n) is 8.74. The molecule has 5 aromatic carbocycles. The van der Waals surface area contributed by atoms with Crippen molar-refractivity contribution in [1.29, 1.82) is 0 Å². The number of hydrogen-bond acceptors (Lipinski definition) is 5. The minimum atomic E-state index is -0.359. The van der Waals surface area contributed by atoms with Crippen LogP contribution in [0.25, 0.3) is 0 Å². The zero-order valence-corrected chi connectivity index (χ0v) is 20.8. The van der Waals surface area contributed by atoms with Crippen LogP contribution in [0.15, 0.2) is 121 Å². The predicted molar refractivity (Wildman–Crippen MR) is 153 cm³/mol. The Bertz CT molecular complexity index is 1450. The number of nitrogens with two attached hydrogens (primary N) is 1. The third-order valence-electron chi connectivity index (χ3n) is 5.78. The van der Waals surface area contributed by atoms with Crippen molar-refractivity contribution in [1.82, 2.24) is 0 Å². The van der Waals surface area contributed by atoms with Gasteiger partial charge >= 0.3 is 0 Å². The molecule has 0 bridgehead atoms. The number of nitrogen functional groups attached to an aromatic ring is 1. The summed E-state index contributed by atoms with van der Waals surface area (Å²) in [5, 5.41) is 6.31. The first-order valence-corrected chi connectivity index (χ1v) is 12.2. The molecule has 0 aromatic heterocycles. The molecule has 0 heterocycles. The van der Waals surface area contributed by atoms with Crippen LogP contribution < -0.4 is 25.8 Å². The summed E-state index contributed by atoms with van der Waals surface area (Å²) in [4.78, 5) is 13.6. The maximum atomic E-state index is 13.6. The molecule has 0 atom stereocenters. The van der Waals surface area contributed by atoms with Crippen LogP contribution in [0.4, 0.5) is 22.7 Å². The summed E-state index contributed by atoms with van der Waals surface area (Å²) in [5.74, 6) is 1.55. The van der Waals surface area contributed by atoms with E-state index in [0.717, 1.165) is 16.9 Å². The van der Waals surface area contributed by atoms with Crippen LogP contribution >= 0.6 is 0 Å². The fourth-order valence-corrected chi connectivity index (χ4v) is 3.82. The largest absolute Gasteiger partial charge is 0.456 e. The van der Waals surface area contributed by atoms with E-state index >= 15 is 0 Å². The SMILES string of the molecule is Cc1ccc(Oc2cccc(Oc3ccc(N)cc3)c2C(=O)Nc2ccc(Nc3ccccc3)cc2)cc1. The predicted octanol–water partition coefficient (Wildman–Crippen LogP) is 8.16. The van der Waals surface area contributed by atoms with Crippen LogP contribution in [0.1, 0.15) is 15.9 Å². The zero-order valence-electron chi connectivity index (χ0n) is 20.8. The monoisotopic (exact) mass is 501 g/mol. The highest BCUT2D eigenvalue weighted by Crippen LogP contribution is 2.35. The molecule has 1 amide bonds. The molecular formula is C32H27N3O3. The maximum Gasteiger partial charge on any atom is 0.263 e. The first-order chi connectivity index (χ1) is 18.5. The molecule has 0 fully saturated rings. The fourth-order valence-electron chi connectivity index (χ4n) is 3.82. The molecule has 0 aliphatic heterocycles. The van der Waals surface area contributed by atoms with Crippen molar-refractivity contribution >= 4 is 28.7 Å². The quantitative estimate of drug-likeness (QED) is 0.187. The Morgan fingerprint density at radius 2 is 1.13 bits per heavy atom.